The Labute approximate surface area is 119 Å². The number of hydrogen-bond donors (Lipinski definition) is 1. The van der Waals surface area contributed by atoms with Crippen molar-refractivity contribution in [3.8, 4) is 5.75 Å². The van der Waals surface area contributed by atoms with Gasteiger partial charge in [0.05, 0.1) is 11.3 Å². The summed E-state index contributed by atoms with van der Waals surface area (Å²) in [6.45, 7) is 0. The second-order valence-corrected chi connectivity index (χ2v) is 5.32. The van der Waals surface area contributed by atoms with E-state index in [2.05, 4.69) is 0 Å². The zero-order chi connectivity index (χ0) is 13.8. The van der Waals surface area contributed by atoms with Gasteiger partial charge in [0.25, 0.3) is 0 Å². The third kappa shape index (κ3) is 3.72. The largest absolute Gasteiger partial charge is 0.507 e. The first kappa shape index (κ1) is 13.9. The van der Waals surface area contributed by atoms with E-state index < -0.39 is 5.82 Å². The predicted octanol–water partition coefficient (Wildman–Crippen LogP) is 4.16. The molecular formula is C14H10ClFO2S. The fourth-order valence-electron chi connectivity index (χ4n) is 1.52. The first-order chi connectivity index (χ1) is 9.06. The summed E-state index contributed by atoms with van der Waals surface area (Å²) in [6, 6.07) is 10.4. The summed E-state index contributed by atoms with van der Waals surface area (Å²) in [5.41, 5.74) is -0.00507. The first-order valence-electron chi connectivity index (χ1n) is 5.46. The van der Waals surface area contributed by atoms with Crippen LogP contribution in [0.25, 0.3) is 0 Å². The van der Waals surface area contributed by atoms with Crippen molar-refractivity contribution in [1.82, 2.24) is 0 Å². The van der Waals surface area contributed by atoms with Crippen molar-refractivity contribution in [2.75, 3.05) is 5.75 Å². The molecule has 0 aromatic heterocycles. The van der Waals surface area contributed by atoms with Gasteiger partial charge in [0.15, 0.2) is 5.78 Å². The Hall–Kier alpha value is -1.52. The Balaban J connectivity index is 2.07. The molecule has 0 heterocycles. The standard InChI is InChI=1S/C14H10ClFO2S/c15-9-2-1-3-11(6-9)19-8-14(18)12-7-10(16)4-5-13(12)17/h1-7,17H,8H2. The number of Topliss-reactive ketones (excluding diaryl/α,β-unsaturated/α-hetero) is 1. The van der Waals surface area contributed by atoms with Crippen LogP contribution < -0.4 is 0 Å². The summed E-state index contributed by atoms with van der Waals surface area (Å²) < 4.78 is 13.0. The van der Waals surface area contributed by atoms with Crippen LogP contribution in [0.3, 0.4) is 0 Å². The summed E-state index contributed by atoms with van der Waals surface area (Å²) in [5, 5.41) is 10.1. The lowest BCUT2D eigenvalue weighted by molar-refractivity contribution is 0.101. The number of benzene rings is 2. The monoisotopic (exact) mass is 296 g/mol. The van der Waals surface area contributed by atoms with Crippen LogP contribution in [0.1, 0.15) is 10.4 Å². The van der Waals surface area contributed by atoms with Crippen molar-refractivity contribution in [3.63, 3.8) is 0 Å². The Morgan fingerprint density at radius 1 is 1.26 bits per heavy atom. The van der Waals surface area contributed by atoms with Crippen LogP contribution in [0.5, 0.6) is 5.75 Å². The van der Waals surface area contributed by atoms with E-state index in [4.69, 9.17) is 11.6 Å². The Kier molecular flexibility index (Phi) is 4.45. The molecule has 1 N–H and O–H groups in total. The first-order valence-corrected chi connectivity index (χ1v) is 6.83. The average Bonchev–Trinajstić information content (AvgIpc) is 2.39. The molecule has 0 bridgehead atoms. The molecule has 0 aliphatic carbocycles. The molecule has 0 fully saturated rings. The number of carbonyl (C=O) groups is 1. The molecule has 0 unspecified atom stereocenters. The maximum Gasteiger partial charge on any atom is 0.176 e. The van der Waals surface area contributed by atoms with Gasteiger partial charge in [-0.2, -0.15) is 0 Å². The minimum Gasteiger partial charge on any atom is -0.507 e. The third-order valence-corrected chi connectivity index (χ3v) is 3.65. The van der Waals surface area contributed by atoms with Gasteiger partial charge in [-0.25, -0.2) is 4.39 Å². The topological polar surface area (TPSA) is 37.3 Å². The molecule has 98 valence electrons. The van der Waals surface area contributed by atoms with E-state index in [9.17, 15) is 14.3 Å². The van der Waals surface area contributed by atoms with E-state index in [1.807, 2.05) is 6.07 Å². The predicted molar refractivity (Wildman–Crippen MR) is 74.6 cm³/mol. The van der Waals surface area contributed by atoms with E-state index in [1.54, 1.807) is 18.2 Å². The fraction of sp³-hybridized carbons (Fsp3) is 0.0714. The molecule has 2 aromatic carbocycles. The highest BCUT2D eigenvalue weighted by Crippen LogP contribution is 2.25. The molecule has 0 atom stereocenters. The van der Waals surface area contributed by atoms with Crippen molar-refractivity contribution in [2.24, 2.45) is 0 Å². The van der Waals surface area contributed by atoms with E-state index in [0.717, 1.165) is 17.0 Å². The van der Waals surface area contributed by atoms with Crippen molar-refractivity contribution >= 4 is 29.1 Å². The minimum absolute atomic E-state index is 0.00507. The van der Waals surface area contributed by atoms with Gasteiger partial charge in [-0.3, -0.25) is 4.79 Å². The van der Waals surface area contributed by atoms with Crippen molar-refractivity contribution < 1.29 is 14.3 Å². The SMILES string of the molecule is O=C(CSc1cccc(Cl)c1)c1cc(F)ccc1O. The van der Waals surface area contributed by atoms with Crippen molar-refractivity contribution in [1.29, 1.82) is 0 Å². The van der Waals surface area contributed by atoms with Crippen LogP contribution in [0.2, 0.25) is 5.02 Å². The summed E-state index contributed by atoms with van der Waals surface area (Å²) in [4.78, 5) is 12.7. The number of aromatic hydroxyl groups is 1. The fourth-order valence-corrected chi connectivity index (χ4v) is 2.61. The highest BCUT2D eigenvalue weighted by atomic mass is 35.5. The van der Waals surface area contributed by atoms with E-state index in [0.29, 0.717) is 5.02 Å². The van der Waals surface area contributed by atoms with E-state index in [-0.39, 0.29) is 22.8 Å². The van der Waals surface area contributed by atoms with Gasteiger partial charge in [0.1, 0.15) is 11.6 Å². The van der Waals surface area contributed by atoms with Crippen LogP contribution >= 0.6 is 23.4 Å². The zero-order valence-corrected chi connectivity index (χ0v) is 11.3. The average molecular weight is 297 g/mol. The van der Waals surface area contributed by atoms with Crippen molar-refractivity contribution in [2.45, 2.75) is 4.90 Å². The molecule has 0 aliphatic heterocycles. The molecule has 0 radical (unpaired) electrons. The number of halogens is 2. The molecule has 5 heteroatoms. The van der Waals surface area contributed by atoms with Crippen LogP contribution in [0.4, 0.5) is 4.39 Å². The summed E-state index contributed by atoms with van der Waals surface area (Å²) in [6.07, 6.45) is 0. The number of phenols is 1. The highest BCUT2D eigenvalue weighted by molar-refractivity contribution is 8.00. The van der Waals surface area contributed by atoms with Gasteiger partial charge in [-0.1, -0.05) is 17.7 Å². The van der Waals surface area contributed by atoms with Crippen LogP contribution in [-0.2, 0) is 0 Å². The molecule has 0 saturated carbocycles. The number of phenolic OH excluding ortho intramolecular Hbond substituents is 1. The Morgan fingerprint density at radius 2 is 2.05 bits per heavy atom. The van der Waals surface area contributed by atoms with Gasteiger partial charge in [-0.05, 0) is 36.4 Å². The second-order valence-electron chi connectivity index (χ2n) is 3.83. The van der Waals surface area contributed by atoms with Gasteiger partial charge in [-0.15, -0.1) is 11.8 Å². The Bertz CT molecular complexity index is 616. The molecule has 2 aromatic rings. The summed E-state index contributed by atoms with van der Waals surface area (Å²) in [5.74, 6) is -0.980. The molecule has 0 spiro atoms. The third-order valence-electron chi connectivity index (χ3n) is 2.43. The number of carbonyl (C=O) groups excluding carboxylic acids is 1. The molecule has 0 aliphatic rings. The number of thioether (sulfide) groups is 1. The van der Waals surface area contributed by atoms with Crippen LogP contribution in [0, 0.1) is 5.82 Å². The number of ketones is 1. The molecule has 2 nitrogen and oxygen atoms in total. The minimum atomic E-state index is -0.547. The molecule has 0 amide bonds. The lowest BCUT2D eigenvalue weighted by atomic mass is 10.1. The lowest BCUT2D eigenvalue weighted by Gasteiger charge is -2.04. The number of rotatable bonds is 4. The summed E-state index contributed by atoms with van der Waals surface area (Å²) in [7, 11) is 0. The van der Waals surface area contributed by atoms with Crippen LogP contribution in [0.15, 0.2) is 47.4 Å². The maximum absolute atomic E-state index is 13.0. The van der Waals surface area contributed by atoms with Gasteiger partial charge >= 0.3 is 0 Å². The quantitative estimate of drug-likeness (QED) is 0.680. The van der Waals surface area contributed by atoms with Crippen LogP contribution in [-0.4, -0.2) is 16.6 Å². The highest BCUT2D eigenvalue weighted by Gasteiger charge is 2.12. The molecule has 19 heavy (non-hydrogen) atoms. The normalized spacial score (nSPS) is 10.4. The smallest absolute Gasteiger partial charge is 0.176 e. The zero-order valence-electron chi connectivity index (χ0n) is 9.77. The molecule has 0 saturated heterocycles. The maximum atomic E-state index is 13.0. The van der Waals surface area contributed by atoms with Gasteiger partial charge in [0, 0.05) is 9.92 Å². The number of hydrogen-bond acceptors (Lipinski definition) is 3. The molecular weight excluding hydrogens is 287 g/mol. The lowest BCUT2D eigenvalue weighted by Crippen LogP contribution is -2.03. The van der Waals surface area contributed by atoms with E-state index in [1.165, 1.54) is 17.8 Å². The van der Waals surface area contributed by atoms with Crippen molar-refractivity contribution in [3.05, 3.63) is 58.9 Å². The Morgan fingerprint density at radius 3 is 2.79 bits per heavy atom. The summed E-state index contributed by atoms with van der Waals surface area (Å²) >= 11 is 7.12. The molecule has 2 rings (SSSR count). The van der Waals surface area contributed by atoms with Gasteiger partial charge < -0.3 is 5.11 Å². The second kappa shape index (κ2) is 6.08. The van der Waals surface area contributed by atoms with E-state index >= 15 is 0 Å². The van der Waals surface area contributed by atoms with Gasteiger partial charge in [0.2, 0.25) is 0 Å².